The van der Waals surface area contributed by atoms with E-state index in [4.69, 9.17) is 39.0 Å². The topological polar surface area (TPSA) is 73.6 Å². The van der Waals surface area contributed by atoms with Gasteiger partial charge in [0.05, 0.1) is 10.6 Å². The molecule has 0 saturated carbocycles. The lowest BCUT2D eigenvalue weighted by Gasteiger charge is -2.17. The number of hydrogen-bond acceptors (Lipinski definition) is 4. The molecule has 7 heteroatoms. The van der Waals surface area contributed by atoms with E-state index in [0.717, 1.165) is 6.42 Å². The molecule has 1 aromatic carbocycles. The van der Waals surface area contributed by atoms with Gasteiger partial charge in [-0.15, -0.1) is 0 Å². The van der Waals surface area contributed by atoms with Gasteiger partial charge in [0.1, 0.15) is 10.7 Å². The molecule has 3 N–H and O–H groups in total. The molecule has 0 radical (unpaired) electrons. The highest BCUT2D eigenvalue weighted by molar-refractivity contribution is 7.80. The van der Waals surface area contributed by atoms with Gasteiger partial charge in [0, 0.05) is 20.3 Å². The Labute approximate surface area is 134 Å². The first kappa shape index (κ1) is 17.7. The molecule has 0 aliphatic heterocycles. The van der Waals surface area contributed by atoms with E-state index in [0.29, 0.717) is 29.5 Å². The second-order valence-corrected chi connectivity index (χ2v) is 5.22. The van der Waals surface area contributed by atoms with Crippen LogP contribution in [0.4, 0.5) is 0 Å². The summed E-state index contributed by atoms with van der Waals surface area (Å²) in [6.45, 7) is 2.77. The zero-order valence-corrected chi connectivity index (χ0v) is 13.6. The average Bonchev–Trinajstić information content (AvgIpc) is 2.43. The summed E-state index contributed by atoms with van der Waals surface area (Å²) in [5.41, 5.74) is 6.07. The fourth-order valence-corrected chi connectivity index (χ4v) is 2.19. The highest BCUT2D eigenvalue weighted by atomic mass is 35.5. The van der Waals surface area contributed by atoms with Gasteiger partial charge in [0.15, 0.2) is 6.10 Å². The van der Waals surface area contributed by atoms with Crippen molar-refractivity contribution in [3.05, 3.63) is 28.8 Å². The van der Waals surface area contributed by atoms with E-state index in [9.17, 15) is 4.79 Å². The summed E-state index contributed by atoms with van der Waals surface area (Å²) in [6.07, 6.45) is 0.0590. The molecule has 5 nitrogen and oxygen atoms in total. The summed E-state index contributed by atoms with van der Waals surface area (Å²) in [6, 6.07) is 5.05. The Hall–Kier alpha value is -1.37. The van der Waals surface area contributed by atoms with Gasteiger partial charge in [-0.1, -0.05) is 29.9 Å². The van der Waals surface area contributed by atoms with Gasteiger partial charge in [0.25, 0.3) is 5.91 Å². The molecule has 0 spiro atoms. The van der Waals surface area contributed by atoms with Crippen molar-refractivity contribution in [2.45, 2.75) is 19.4 Å². The van der Waals surface area contributed by atoms with Gasteiger partial charge in [0.2, 0.25) is 0 Å². The number of carbonyl (C=O) groups is 1. The van der Waals surface area contributed by atoms with E-state index in [2.05, 4.69) is 5.32 Å². The number of methoxy groups -OCH3 is 1. The normalized spacial score (nSPS) is 11.8. The molecule has 1 unspecified atom stereocenters. The molecule has 0 fully saturated rings. The van der Waals surface area contributed by atoms with Gasteiger partial charge < -0.3 is 20.5 Å². The first-order valence-electron chi connectivity index (χ1n) is 6.49. The van der Waals surface area contributed by atoms with Gasteiger partial charge in [-0.25, -0.2) is 0 Å². The Morgan fingerprint density at radius 3 is 2.86 bits per heavy atom. The number of ether oxygens (including phenoxy) is 2. The van der Waals surface area contributed by atoms with Crippen LogP contribution in [0.15, 0.2) is 18.2 Å². The zero-order valence-electron chi connectivity index (χ0n) is 12.0. The molecule has 21 heavy (non-hydrogen) atoms. The number of hydrogen-bond donors (Lipinski definition) is 2. The minimum atomic E-state index is -0.681. The van der Waals surface area contributed by atoms with Crippen molar-refractivity contribution in [3.63, 3.8) is 0 Å². The zero-order chi connectivity index (χ0) is 15.8. The minimum absolute atomic E-state index is 0.128. The highest BCUT2D eigenvalue weighted by Crippen LogP contribution is 2.27. The number of nitrogens with one attached hydrogen (secondary N) is 1. The summed E-state index contributed by atoms with van der Waals surface area (Å²) in [5, 5.41) is 3.16. The fourth-order valence-electron chi connectivity index (χ4n) is 1.66. The van der Waals surface area contributed by atoms with Crippen LogP contribution in [0.3, 0.4) is 0 Å². The maximum absolute atomic E-state index is 11.9. The van der Waals surface area contributed by atoms with E-state index in [1.54, 1.807) is 32.2 Å². The van der Waals surface area contributed by atoms with Crippen LogP contribution in [-0.2, 0) is 9.53 Å². The monoisotopic (exact) mass is 330 g/mol. The van der Waals surface area contributed by atoms with Gasteiger partial charge in [-0.2, -0.15) is 0 Å². The molecule has 0 aromatic heterocycles. The van der Waals surface area contributed by atoms with Crippen molar-refractivity contribution in [2.24, 2.45) is 5.73 Å². The standard InChI is InChI=1S/C14H19ClN2O3S/c1-9(14(18)17-7-4-8-19-2)20-11-6-3-5-10(15)12(11)13(16)21/h3,5-6,9H,4,7-8H2,1-2H3,(H2,16,21)(H,17,18). The van der Waals surface area contributed by atoms with Crippen LogP contribution in [0.1, 0.15) is 18.9 Å². The summed E-state index contributed by atoms with van der Waals surface area (Å²) >= 11 is 11.0. The molecular weight excluding hydrogens is 312 g/mol. The predicted octanol–water partition coefficient (Wildman–Crippen LogP) is 1.89. The molecule has 0 bridgehead atoms. The second kappa shape index (κ2) is 8.81. The highest BCUT2D eigenvalue weighted by Gasteiger charge is 2.18. The second-order valence-electron chi connectivity index (χ2n) is 4.37. The van der Waals surface area contributed by atoms with E-state index < -0.39 is 6.10 Å². The number of benzene rings is 1. The average molecular weight is 331 g/mol. The Morgan fingerprint density at radius 2 is 2.24 bits per heavy atom. The van der Waals surface area contributed by atoms with Crippen LogP contribution in [0, 0.1) is 0 Å². The fraction of sp³-hybridized carbons (Fsp3) is 0.429. The van der Waals surface area contributed by atoms with Crippen LogP contribution in [-0.4, -0.2) is 37.3 Å². The van der Waals surface area contributed by atoms with E-state index >= 15 is 0 Å². The third-order valence-corrected chi connectivity index (χ3v) is 3.24. The largest absolute Gasteiger partial charge is 0.480 e. The molecule has 1 atom stereocenters. The van der Waals surface area contributed by atoms with Crippen LogP contribution in [0.25, 0.3) is 0 Å². The summed E-state index contributed by atoms with van der Waals surface area (Å²) in [5.74, 6) is 0.175. The molecule has 0 aliphatic rings. The molecule has 0 saturated heterocycles. The minimum Gasteiger partial charge on any atom is -0.480 e. The molecule has 116 valence electrons. The number of nitrogens with two attached hydrogens (primary N) is 1. The number of halogens is 1. The first-order valence-corrected chi connectivity index (χ1v) is 7.27. The van der Waals surface area contributed by atoms with Crippen LogP contribution < -0.4 is 15.8 Å². The van der Waals surface area contributed by atoms with Crippen molar-refractivity contribution in [3.8, 4) is 5.75 Å². The Bertz CT molecular complexity index is 511. The maximum atomic E-state index is 11.9. The van der Waals surface area contributed by atoms with Crippen LogP contribution >= 0.6 is 23.8 Å². The lowest BCUT2D eigenvalue weighted by atomic mass is 10.2. The van der Waals surface area contributed by atoms with Gasteiger partial charge >= 0.3 is 0 Å². The van der Waals surface area contributed by atoms with Crippen LogP contribution in [0.2, 0.25) is 5.02 Å². The van der Waals surface area contributed by atoms with Gasteiger partial charge in [-0.05, 0) is 25.5 Å². The smallest absolute Gasteiger partial charge is 0.260 e. The third-order valence-electron chi connectivity index (χ3n) is 2.72. The van der Waals surface area contributed by atoms with Crippen molar-refractivity contribution in [2.75, 3.05) is 20.3 Å². The van der Waals surface area contributed by atoms with E-state index in [1.807, 2.05) is 0 Å². The number of rotatable bonds is 8. The number of thiocarbonyl (C=S) groups is 1. The van der Waals surface area contributed by atoms with Crippen molar-refractivity contribution in [1.82, 2.24) is 5.32 Å². The maximum Gasteiger partial charge on any atom is 0.260 e. The molecule has 1 rings (SSSR count). The van der Waals surface area contributed by atoms with E-state index in [-0.39, 0.29) is 10.9 Å². The van der Waals surface area contributed by atoms with Gasteiger partial charge in [-0.3, -0.25) is 4.79 Å². The molecule has 1 aromatic rings. The Balaban J connectivity index is 2.66. The molecular formula is C14H19ClN2O3S. The van der Waals surface area contributed by atoms with Crippen LogP contribution in [0.5, 0.6) is 5.75 Å². The Morgan fingerprint density at radius 1 is 1.52 bits per heavy atom. The number of amides is 1. The lowest BCUT2D eigenvalue weighted by molar-refractivity contribution is -0.127. The van der Waals surface area contributed by atoms with Crippen molar-refractivity contribution >= 4 is 34.7 Å². The van der Waals surface area contributed by atoms with Crippen molar-refractivity contribution < 1.29 is 14.3 Å². The SMILES string of the molecule is COCCCNC(=O)C(C)Oc1cccc(Cl)c1C(N)=S. The summed E-state index contributed by atoms with van der Waals surface area (Å²) < 4.78 is 10.5. The Kier molecular flexibility index (Phi) is 7.42. The number of carbonyl (C=O) groups excluding carboxylic acids is 1. The summed E-state index contributed by atoms with van der Waals surface area (Å²) in [4.78, 5) is 12.0. The van der Waals surface area contributed by atoms with Crippen molar-refractivity contribution in [1.29, 1.82) is 0 Å². The first-order chi connectivity index (χ1) is 9.97. The predicted molar refractivity (Wildman–Crippen MR) is 86.9 cm³/mol. The molecule has 0 aliphatic carbocycles. The lowest BCUT2D eigenvalue weighted by Crippen LogP contribution is -2.37. The molecule has 1 amide bonds. The third kappa shape index (κ3) is 5.49. The quantitative estimate of drug-likeness (QED) is 0.562. The van der Waals surface area contributed by atoms with E-state index in [1.165, 1.54) is 0 Å². The molecule has 0 heterocycles. The summed E-state index contributed by atoms with van der Waals surface area (Å²) in [7, 11) is 1.62.